The van der Waals surface area contributed by atoms with Gasteiger partial charge in [0.2, 0.25) is 0 Å². The summed E-state index contributed by atoms with van der Waals surface area (Å²) in [4.78, 5) is 3.99. The van der Waals surface area contributed by atoms with Crippen LogP contribution in [0.3, 0.4) is 0 Å². The first kappa shape index (κ1) is 13.9. The number of nitrogens with zero attached hydrogens (tertiary/aromatic N) is 1. The largest absolute Gasteiger partial charge is 0.489 e. The summed E-state index contributed by atoms with van der Waals surface area (Å²) in [6.07, 6.45) is 4.34. The smallest absolute Gasteiger partial charge is 0.149 e. The Labute approximate surface area is 102 Å². The van der Waals surface area contributed by atoms with E-state index < -0.39 is 15.9 Å². The van der Waals surface area contributed by atoms with Gasteiger partial charge in [-0.15, -0.1) is 0 Å². The summed E-state index contributed by atoms with van der Waals surface area (Å²) in [5.74, 6) is 0.501. The fourth-order valence-corrected chi connectivity index (χ4v) is 2.24. The highest BCUT2D eigenvalue weighted by molar-refractivity contribution is 7.90. The van der Waals surface area contributed by atoms with Crippen LogP contribution in [0.5, 0.6) is 5.75 Å². The van der Waals surface area contributed by atoms with Gasteiger partial charge in [0, 0.05) is 18.5 Å². The molecule has 1 unspecified atom stereocenters. The van der Waals surface area contributed by atoms with E-state index in [0.717, 1.165) is 6.26 Å². The van der Waals surface area contributed by atoms with Crippen molar-refractivity contribution in [1.82, 2.24) is 4.98 Å². The second-order valence-corrected chi connectivity index (χ2v) is 6.50. The van der Waals surface area contributed by atoms with Crippen molar-refractivity contribution >= 4 is 9.84 Å². The van der Waals surface area contributed by atoms with E-state index >= 15 is 0 Å². The number of hydrogen-bond acceptors (Lipinski definition) is 5. The molecule has 0 aliphatic carbocycles. The highest BCUT2D eigenvalue weighted by atomic mass is 32.2. The zero-order valence-corrected chi connectivity index (χ0v) is 11.1. The van der Waals surface area contributed by atoms with Crippen molar-refractivity contribution < 1.29 is 13.2 Å². The molecule has 1 aromatic heterocycles. The molecule has 1 heterocycles. The molecule has 0 saturated carbocycles. The zero-order chi connectivity index (χ0) is 13.1. The SMILES string of the molecule is CC(C)Oc1cncc(C(N)CS(C)(=O)=O)c1. The molecule has 0 spiro atoms. The average Bonchev–Trinajstić information content (AvgIpc) is 2.14. The molecule has 0 aliphatic rings. The van der Waals surface area contributed by atoms with E-state index in [4.69, 9.17) is 10.5 Å². The van der Waals surface area contributed by atoms with Crippen molar-refractivity contribution in [1.29, 1.82) is 0 Å². The highest BCUT2D eigenvalue weighted by Crippen LogP contribution is 2.18. The number of ether oxygens (including phenoxy) is 1. The van der Waals surface area contributed by atoms with Gasteiger partial charge in [0.05, 0.1) is 18.1 Å². The van der Waals surface area contributed by atoms with Crippen LogP contribution in [-0.2, 0) is 9.84 Å². The molecule has 2 N–H and O–H groups in total. The molecule has 6 heteroatoms. The van der Waals surface area contributed by atoms with Crippen molar-refractivity contribution in [2.45, 2.75) is 26.0 Å². The Kier molecular flexibility index (Phi) is 4.47. The van der Waals surface area contributed by atoms with Gasteiger partial charge in [-0.1, -0.05) is 0 Å². The van der Waals surface area contributed by atoms with Crippen molar-refractivity contribution in [2.24, 2.45) is 5.73 Å². The average molecular weight is 258 g/mol. The Morgan fingerprint density at radius 1 is 1.41 bits per heavy atom. The number of rotatable bonds is 5. The third-order valence-electron chi connectivity index (χ3n) is 2.02. The molecule has 1 aromatic rings. The van der Waals surface area contributed by atoms with E-state index in [1.54, 1.807) is 18.5 Å². The summed E-state index contributed by atoms with van der Waals surface area (Å²) in [5, 5.41) is 0. The van der Waals surface area contributed by atoms with Crippen molar-refractivity contribution in [2.75, 3.05) is 12.0 Å². The molecule has 0 amide bonds. The maximum Gasteiger partial charge on any atom is 0.149 e. The normalized spacial score (nSPS) is 13.7. The molecule has 0 radical (unpaired) electrons. The van der Waals surface area contributed by atoms with Gasteiger partial charge in [0.15, 0.2) is 0 Å². The lowest BCUT2D eigenvalue weighted by Crippen LogP contribution is -2.21. The van der Waals surface area contributed by atoms with Gasteiger partial charge in [-0.05, 0) is 25.5 Å². The molecule has 1 atom stereocenters. The molecule has 0 aromatic carbocycles. The van der Waals surface area contributed by atoms with Crippen LogP contribution < -0.4 is 10.5 Å². The zero-order valence-electron chi connectivity index (χ0n) is 10.3. The Bertz CT molecular complexity index is 471. The van der Waals surface area contributed by atoms with Gasteiger partial charge < -0.3 is 10.5 Å². The van der Waals surface area contributed by atoms with Gasteiger partial charge >= 0.3 is 0 Å². The van der Waals surface area contributed by atoms with Crippen LogP contribution in [0.4, 0.5) is 0 Å². The Balaban J connectivity index is 2.84. The molecular weight excluding hydrogens is 240 g/mol. The van der Waals surface area contributed by atoms with Crippen LogP contribution in [-0.4, -0.2) is 31.5 Å². The summed E-state index contributed by atoms with van der Waals surface area (Å²) in [7, 11) is -3.10. The van der Waals surface area contributed by atoms with E-state index in [-0.39, 0.29) is 11.9 Å². The standard InChI is InChI=1S/C11H18N2O3S/c1-8(2)16-10-4-9(5-13-6-10)11(12)7-17(3,14)15/h4-6,8,11H,7,12H2,1-3H3. The van der Waals surface area contributed by atoms with E-state index in [0.29, 0.717) is 11.3 Å². The summed E-state index contributed by atoms with van der Waals surface area (Å²) < 4.78 is 27.8. The number of hydrogen-bond donors (Lipinski definition) is 1. The first-order chi connectivity index (χ1) is 7.78. The number of pyridine rings is 1. The van der Waals surface area contributed by atoms with Gasteiger partial charge in [0.1, 0.15) is 15.6 Å². The second kappa shape index (κ2) is 5.46. The maximum atomic E-state index is 11.1. The maximum absolute atomic E-state index is 11.1. The lowest BCUT2D eigenvalue weighted by atomic mass is 10.1. The molecular formula is C11H18N2O3S. The third kappa shape index (κ3) is 5.14. The summed E-state index contributed by atoms with van der Waals surface area (Å²) in [6, 6.07) is 1.15. The van der Waals surface area contributed by atoms with E-state index in [2.05, 4.69) is 4.98 Å². The molecule has 96 valence electrons. The molecule has 0 saturated heterocycles. The molecule has 5 nitrogen and oxygen atoms in total. The second-order valence-electron chi connectivity index (χ2n) is 4.32. The van der Waals surface area contributed by atoms with Gasteiger partial charge in [-0.25, -0.2) is 8.42 Å². The van der Waals surface area contributed by atoms with Gasteiger partial charge in [0.25, 0.3) is 0 Å². The van der Waals surface area contributed by atoms with Crippen LogP contribution in [0, 0.1) is 0 Å². The lowest BCUT2D eigenvalue weighted by Gasteiger charge is -2.13. The molecule has 17 heavy (non-hydrogen) atoms. The van der Waals surface area contributed by atoms with Crippen molar-refractivity contribution in [3.8, 4) is 5.75 Å². The number of nitrogens with two attached hydrogens (primary N) is 1. The van der Waals surface area contributed by atoms with Gasteiger partial charge in [-0.2, -0.15) is 0 Å². The van der Waals surface area contributed by atoms with Crippen LogP contribution >= 0.6 is 0 Å². The predicted octanol–water partition coefficient (Wildman–Crippen LogP) is 0.913. The Morgan fingerprint density at radius 3 is 2.59 bits per heavy atom. The number of sulfone groups is 1. The first-order valence-electron chi connectivity index (χ1n) is 5.33. The summed E-state index contributed by atoms with van der Waals surface area (Å²) in [6.45, 7) is 3.81. The van der Waals surface area contributed by atoms with E-state index in [1.807, 2.05) is 13.8 Å². The van der Waals surface area contributed by atoms with Crippen molar-refractivity contribution in [3.05, 3.63) is 24.0 Å². The molecule has 0 fully saturated rings. The lowest BCUT2D eigenvalue weighted by molar-refractivity contribution is 0.241. The molecule has 0 bridgehead atoms. The third-order valence-corrected chi connectivity index (χ3v) is 2.98. The van der Waals surface area contributed by atoms with Crippen molar-refractivity contribution in [3.63, 3.8) is 0 Å². The highest BCUT2D eigenvalue weighted by Gasteiger charge is 2.14. The van der Waals surface area contributed by atoms with E-state index in [1.165, 1.54) is 0 Å². The molecule has 0 aliphatic heterocycles. The van der Waals surface area contributed by atoms with E-state index in [9.17, 15) is 8.42 Å². The van der Waals surface area contributed by atoms with Crippen LogP contribution in [0.15, 0.2) is 18.5 Å². The minimum Gasteiger partial charge on any atom is -0.489 e. The predicted molar refractivity (Wildman–Crippen MR) is 66.6 cm³/mol. The molecule has 1 rings (SSSR count). The Hall–Kier alpha value is -1.14. The fourth-order valence-electron chi connectivity index (χ4n) is 1.40. The quantitative estimate of drug-likeness (QED) is 0.849. The first-order valence-corrected chi connectivity index (χ1v) is 7.39. The van der Waals surface area contributed by atoms with Crippen LogP contribution in [0.1, 0.15) is 25.5 Å². The number of aromatic nitrogens is 1. The minimum absolute atomic E-state index is 0.0400. The summed E-state index contributed by atoms with van der Waals surface area (Å²) >= 11 is 0. The minimum atomic E-state index is -3.10. The Morgan fingerprint density at radius 2 is 2.06 bits per heavy atom. The monoisotopic (exact) mass is 258 g/mol. The fraction of sp³-hybridized carbons (Fsp3) is 0.545. The van der Waals surface area contributed by atoms with Gasteiger partial charge in [-0.3, -0.25) is 4.98 Å². The topological polar surface area (TPSA) is 82.3 Å². The summed E-state index contributed by atoms with van der Waals surface area (Å²) in [5.41, 5.74) is 6.47. The van der Waals surface area contributed by atoms with Crippen LogP contribution in [0.25, 0.3) is 0 Å². The van der Waals surface area contributed by atoms with Crippen LogP contribution in [0.2, 0.25) is 0 Å².